The van der Waals surface area contributed by atoms with Crippen molar-refractivity contribution in [1.82, 2.24) is 15.0 Å². The Morgan fingerprint density at radius 1 is 1.25 bits per heavy atom. The third kappa shape index (κ3) is 2.26. The van der Waals surface area contributed by atoms with E-state index in [1.165, 1.54) is 6.07 Å². The highest BCUT2D eigenvalue weighted by molar-refractivity contribution is 14.1. The maximum atomic E-state index is 12.7. The lowest BCUT2D eigenvalue weighted by molar-refractivity contribution is 0.621. The molecule has 0 aromatic carbocycles. The summed E-state index contributed by atoms with van der Waals surface area (Å²) in [5, 5.41) is 2.96. The Hall–Kier alpha value is -1.31. The summed E-state index contributed by atoms with van der Waals surface area (Å²) in [5.41, 5.74) is 0.550. The van der Waals surface area contributed by atoms with E-state index in [1.807, 2.05) is 0 Å². The molecule has 0 aliphatic heterocycles. The number of aromatic nitrogens is 3. The first kappa shape index (κ1) is 11.2. The minimum atomic E-state index is -0.372. The van der Waals surface area contributed by atoms with Gasteiger partial charge in [-0.3, -0.25) is 0 Å². The lowest BCUT2D eigenvalue weighted by Crippen LogP contribution is -2.00. The third-order valence-corrected chi connectivity index (χ3v) is 2.73. The van der Waals surface area contributed by atoms with Gasteiger partial charge in [-0.1, -0.05) is 0 Å². The van der Waals surface area contributed by atoms with Gasteiger partial charge in [-0.05, 0) is 34.7 Å². The van der Waals surface area contributed by atoms with Gasteiger partial charge in [0.05, 0.1) is 9.77 Å². The van der Waals surface area contributed by atoms with Crippen LogP contribution in [-0.4, -0.2) is 22.0 Å². The number of rotatable bonds is 2. The molecule has 2 heterocycles. The first-order chi connectivity index (χ1) is 7.70. The molecule has 0 unspecified atom stereocenters. The fraction of sp³-hybridized carbons (Fsp3) is 0.100. The Morgan fingerprint density at radius 3 is 2.69 bits per heavy atom. The minimum Gasteiger partial charge on any atom is -0.372 e. The van der Waals surface area contributed by atoms with Gasteiger partial charge >= 0.3 is 0 Å². The monoisotopic (exact) mass is 330 g/mol. The Balaban J connectivity index is 2.44. The van der Waals surface area contributed by atoms with E-state index < -0.39 is 0 Å². The second kappa shape index (κ2) is 4.69. The highest BCUT2D eigenvalue weighted by atomic mass is 127. The molecule has 1 N–H and O–H groups in total. The van der Waals surface area contributed by atoms with E-state index in [9.17, 15) is 4.39 Å². The topological polar surface area (TPSA) is 50.7 Å². The summed E-state index contributed by atoms with van der Waals surface area (Å²) in [6, 6.07) is 2.89. The van der Waals surface area contributed by atoms with Gasteiger partial charge < -0.3 is 5.32 Å². The Labute approximate surface area is 105 Å². The van der Waals surface area contributed by atoms with Crippen molar-refractivity contribution in [1.29, 1.82) is 0 Å². The van der Waals surface area contributed by atoms with E-state index in [4.69, 9.17) is 0 Å². The molecule has 4 nitrogen and oxygen atoms in total. The van der Waals surface area contributed by atoms with Crippen molar-refractivity contribution in [2.45, 2.75) is 0 Å². The zero-order chi connectivity index (χ0) is 11.5. The maximum absolute atomic E-state index is 12.7. The van der Waals surface area contributed by atoms with Gasteiger partial charge in [-0.2, -0.15) is 0 Å². The summed E-state index contributed by atoms with van der Waals surface area (Å²) in [5.74, 6) is 0.838. The van der Waals surface area contributed by atoms with Crippen molar-refractivity contribution < 1.29 is 4.39 Å². The molecule has 6 heteroatoms. The second-order valence-electron chi connectivity index (χ2n) is 3.00. The van der Waals surface area contributed by atoms with Crippen molar-refractivity contribution in [3.05, 3.63) is 33.9 Å². The molecule has 0 saturated carbocycles. The molecule has 0 aliphatic carbocycles. The molecular weight excluding hydrogens is 322 g/mol. The summed E-state index contributed by atoms with van der Waals surface area (Å²) < 4.78 is 13.6. The summed E-state index contributed by atoms with van der Waals surface area (Å²) in [6.45, 7) is 0. The van der Waals surface area contributed by atoms with Crippen LogP contribution in [0.3, 0.4) is 0 Å². The first-order valence-corrected chi connectivity index (χ1v) is 5.61. The van der Waals surface area contributed by atoms with Crippen LogP contribution in [0, 0.1) is 9.39 Å². The number of hydrogen-bond acceptors (Lipinski definition) is 4. The first-order valence-electron chi connectivity index (χ1n) is 4.53. The molecule has 0 aliphatic rings. The normalized spacial score (nSPS) is 10.2. The maximum Gasteiger partial charge on any atom is 0.180 e. The molecule has 16 heavy (non-hydrogen) atoms. The fourth-order valence-electron chi connectivity index (χ4n) is 1.17. The predicted molar refractivity (Wildman–Crippen MR) is 67.5 cm³/mol. The molecule has 2 aromatic rings. The van der Waals surface area contributed by atoms with E-state index in [0.29, 0.717) is 11.5 Å². The number of nitrogens with one attached hydrogen (secondary N) is 1. The molecule has 82 valence electrons. The third-order valence-electron chi connectivity index (χ3n) is 1.94. The molecule has 0 saturated heterocycles. The Kier molecular flexibility index (Phi) is 3.28. The van der Waals surface area contributed by atoms with Crippen molar-refractivity contribution in [2.24, 2.45) is 0 Å². The molecule has 0 amide bonds. The van der Waals surface area contributed by atoms with Crippen molar-refractivity contribution >= 4 is 28.4 Å². The SMILES string of the molecule is CNc1nc(-c2ccc(F)cn2)ncc1I. The van der Waals surface area contributed by atoms with E-state index in [2.05, 4.69) is 42.9 Å². The van der Waals surface area contributed by atoms with Gasteiger partial charge in [-0.15, -0.1) is 0 Å². The van der Waals surface area contributed by atoms with Gasteiger partial charge in [0, 0.05) is 13.2 Å². The van der Waals surface area contributed by atoms with Crippen LogP contribution in [0.2, 0.25) is 0 Å². The van der Waals surface area contributed by atoms with Crippen LogP contribution in [0.5, 0.6) is 0 Å². The zero-order valence-electron chi connectivity index (χ0n) is 8.41. The van der Waals surface area contributed by atoms with Gasteiger partial charge in [0.15, 0.2) is 5.82 Å². The summed E-state index contributed by atoms with van der Waals surface area (Å²) in [6.07, 6.45) is 2.84. The van der Waals surface area contributed by atoms with Crippen LogP contribution in [0.15, 0.2) is 24.5 Å². The molecule has 0 spiro atoms. The van der Waals surface area contributed by atoms with Crippen molar-refractivity contribution in [3.63, 3.8) is 0 Å². The van der Waals surface area contributed by atoms with Crippen LogP contribution < -0.4 is 5.32 Å². The van der Waals surface area contributed by atoms with Crippen LogP contribution >= 0.6 is 22.6 Å². The number of nitrogens with zero attached hydrogens (tertiary/aromatic N) is 3. The van der Waals surface area contributed by atoms with Crippen molar-refractivity contribution in [2.75, 3.05) is 12.4 Å². The second-order valence-corrected chi connectivity index (χ2v) is 4.16. The summed E-state index contributed by atoms with van der Waals surface area (Å²) >= 11 is 2.13. The van der Waals surface area contributed by atoms with Gasteiger partial charge in [-0.25, -0.2) is 19.3 Å². The highest BCUT2D eigenvalue weighted by Crippen LogP contribution is 2.18. The number of pyridine rings is 1. The molecule has 0 atom stereocenters. The Bertz CT molecular complexity index is 501. The Morgan fingerprint density at radius 2 is 2.06 bits per heavy atom. The van der Waals surface area contributed by atoms with Crippen LogP contribution in [-0.2, 0) is 0 Å². The van der Waals surface area contributed by atoms with E-state index in [0.717, 1.165) is 15.6 Å². The fourth-order valence-corrected chi connectivity index (χ4v) is 1.70. The van der Waals surface area contributed by atoms with Crippen LogP contribution in [0.4, 0.5) is 10.2 Å². The standard InChI is InChI=1S/C10H8FIN4/c1-13-9-7(12)5-15-10(16-9)8-3-2-6(11)4-14-8/h2-5H,1H3,(H,13,15,16). The van der Waals surface area contributed by atoms with E-state index >= 15 is 0 Å². The number of anilines is 1. The molecule has 0 bridgehead atoms. The highest BCUT2D eigenvalue weighted by Gasteiger charge is 2.06. The number of halogens is 2. The minimum absolute atomic E-state index is 0.372. The number of hydrogen-bond donors (Lipinski definition) is 1. The largest absolute Gasteiger partial charge is 0.372 e. The summed E-state index contributed by atoms with van der Waals surface area (Å²) in [7, 11) is 1.78. The molecular formula is C10H8FIN4. The van der Waals surface area contributed by atoms with Crippen LogP contribution in [0.1, 0.15) is 0 Å². The van der Waals surface area contributed by atoms with Gasteiger partial charge in [0.25, 0.3) is 0 Å². The van der Waals surface area contributed by atoms with Crippen LogP contribution in [0.25, 0.3) is 11.5 Å². The van der Waals surface area contributed by atoms with Gasteiger partial charge in [0.1, 0.15) is 17.3 Å². The predicted octanol–water partition coefficient (Wildman–Crippen LogP) is 2.32. The molecule has 2 aromatic heterocycles. The lowest BCUT2D eigenvalue weighted by Gasteiger charge is -2.04. The zero-order valence-corrected chi connectivity index (χ0v) is 10.6. The quantitative estimate of drug-likeness (QED) is 0.859. The summed E-state index contributed by atoms with van der Waals surface area (Å²) in [4.78, 5) is 12.3. The smallest absolute Gasteiger partial charge is 0.180 e. The average Bonchev–Trinajstić information content (AvgIpc) is 2.31. The molecule has 0 fully saturated rings. The van der Waals surface area contributed by atoms with E-state index in [-0.39, 0.29) is 5.82 Å². The van der Waals surface area contributed by atoms with E-state index in [1.54, 1.807) is 19.3 Å². The van der Waals surface area contributed by atoms with Gasteiger partial charge in [0.2, 0.25) is 0 Å². The average molecular weight is 330 g/mol. The molecule has 0 radical (unpaired) electrons. The molecule has 2 rings (SSSR count). The van der Waals surface area contributed by atoms with Crippen molar-refractivity contribution in [3.8, 4) is 11.5 Å². The lowest BCUT2D eigenvalue weighted by atomic mass is 10.3.